The number of dihydropyridines is 1. The van der Waals surface area contributed by atoms with Crippen molar-refractivity contribution < 1.29 is 0 Å². The van der Waals surface area contributed by atoms with Crippen LogP contribution < -0.4 is 5.73 Å². The fraction of sp³-hybridized carbons (Fsp3) is 0.667. The van der Waals surface area contributed by atoms with Crippen molar-refractivity contribution in [3.8, 4) is 0 Å². The predicted molar refractivity (Wildman–Crippen MR) is 44.3 cm³/mol. The van der Waals surface area contributed by atoms with Crippen molar-refractivity contribution in [3.05, 3.63) is 11.3 Å². The first-order valence-electron chi connectivity index (χ1n) is 4.39. The minimum Gasteiger partial charge on any atom is -0.401 e. The minimum absolute atomic E-state index is 0.567. The third-order valence-corrected chi connectivity index (χ3v) is 2.91. The van der Waals surface area contributed by atoms with Gasteiger partial charge in [0.05, 0.1) is 6.04 Å². The fourth-order valence-corrected chi connectivity index (χ4v) is 1.88. The zero-order valence-corrected chi connectivity index (χ0v) is 6.46. The molecule has 2 aliphatic carbocycles. The van der Waals surface area contributed by atoms with E-state index in [0.29, 0.717) is 12.0 Å². The molecule has 1 heterocycles. The summed E-state index contributed by atoms with van der Waals surface area (Å²) in [5.74, 6) is 1.41. The van der Waals surface area contributed by atoms with Crippen LogP contribution in [-0.2, 0) is 0 Å². The van der Waals surface area contributed by atoms with Crippen molar-refractivity contribution in [1.29, 1.82) is 0 Å². The molecule has 3 aliphatic rings. The van der Waals surface area contributed by atoms with Crippen molar-refractivity contribution in [2.45, 2.75) is 25.3 Å². The van der Waals surface area contributed by atoms with Crippen LogP contribution in [0.4, 0.5) is 0 Å². The van der Waals surface area contributed by atoms with Gasteiger partial charge in [-0.15, -0.1) is 0 Å². The molecule has 2 nitrogen and oxygen atoms in total. The van der Waals surface area contributed by atoms with Gasteiger partial charge in [-0.25, -0.2) is 0 Å². The quantitative estimate of drug-likeness (QED) is 0.593. The van der Waals surface area contributed by atoms with Crippen molar-refractivity contribution >= 4 is 6.21 Å². The van der Waals surface area contributed by atoms with Gasteiger partial charge in [0.1, 0.15) is 0 Å². The number of rotatable bonds is 1. The van der Waals surface area contributed by atoms with E-state index in [9.17, 15) is 0 Å². The van der Waals surface area contributed by atoms with E-state index in [4.69, 9.17) is 5.73 Å². The molecular weight excluding hydrogens is 136 g/mol. The van der Waals surface area contributed by atoms with E-state index in [1.54, 1.807) is 0 Å². The van der Waals surface area contributed by atoms with Gasteiger partial charge in [-0.2, -0.15) is 0 Å². The molecule has 1 aliphatic heterocycles. The summed E-state index contributed by atoms with van der Waals surface area (Å²) in [6.45, 7) is 0. The average molecular weight is 148 g/mol. The van der Waals surface area contributed by atoms with Crippen molar-refractivity contribution in [2.75, 3.05) is 0 Å². The number of allylic oxidation sites excluding steroid dienone is 1. The van der Waals surface area contributed by atoms with Crippen molar-refractivity contribution in [1.82, 2.24) is 0 Å². The largest absolute Gasteiger partial charge is 0.401 e. The Balaban J connectivity index is 1.98. The summed E-state index contributed by atoms with van der Waals surface area (Å²) in [5.41, 5.74) is 8.52. The second-order valence-electron chi connectivity index (χ2n) is 3.87. The number of nitrogens with two attached hydrogens (primary N) is 1. The van der Waals surface area contributed by atoms with E-state index < -0.39 is 0 Å². The summed E-state index contributed by atoms with van der Waals surface area (Å²) in [6.07, 6.45) is 5.90. The van der Waals surface area contributed by atoms with Gasteiger partial charge in [-0.1, -0.05) is 0 Å². The molecule has 0 amide bonds. The zero-order valence-electron chi connectivity index (χ0n) is 6.46. The van der Waals surface area contributed by atoms with E-state index in [0.717, 1.165) is 11.6 Å². The summed E-state index contributed by atoms with van der Waals surface area (Å²) >= 11 is 0. The molecule has 0 bridgehead atoms. The molecule has 0 spiro atoms. The van der Waals surface area contributed by atoms with Crippen LogP contribution >= 0.6 is 0 Å². The molecule has 2 heteroatoms. The Morgan fingerprint density at radius 2 is 2.27 bits per heavy atom. The van der Waals surface area contributed by atoms with Crippen LogP contribution in [0.1, 0.15) is 19.3 Å². The number of hydrogen-bond acceptors (Lipinski definition) is 2. The lowest BCUT2D eigenvalue weighted by atomic mass is 10.1. The van der Waals surface area contributed by atoms with Gasteiger partial charge in [-0.05, 0) is 30.8 Å². The van der Waals surface area contributed by atoms with Gasteiger partial charge in [0.25, 0.3) is 0 Å². The molecule has 2 saturated carbocycles. The van der Waals surface area contributed by atoms with Crippen LogP contribution in [0.15, 0.2) is 16.3 Å². The van der Waals surface area contributed by atoms with Gasteiger partial charge in [0.15, 0.2) is 0 Å². The summed E-state index contributed by atoms with van der Waals surface area (Å²) in [6, 6.07) is 0.567. The Labute approximate surface area is 66.2 Å². The van der Waals surface area contributed by atoms with Crippen LogP contribution in [0.3, 0.4) is 0 Å². The molecule has 2 unspecified atom stereocenters. The molecule has 3 rings (SSSR count). The maximum atomic E-state index is 5.99. The standard InChI is InChI=1S/C9H12N2/c10-9-6-3-8(6)11-4-7(9)5-1-2-5/h4-6,8H,1-3,10H2. The molecule has 2 N–H and O–H groups in total. The lowest BCUT2D eigenvalue weighted by Crippen LogP contribution is -2.12. The highest BCUT2D eigenvalue weighted by Crippen LogP contribution is 2.46. The van der Waals surface area contributed by atoms with Gasteiger partial charge >= 0.3 is 0 Å². The monoisotopic (exact) mass is 148 g/mol. The summed E-state index contributed by atoms with van der Waals surface area (Å²) in [5, 5.41) is 0. The topological polar surface area (TPSA) is 38.4 Å². The SMILES string of the molecule is NC1=C(C2CC2)C=NC2CC12. The van der Waals surface area contributed by atoms with Crippen LogP contribution in [0.2, 0.25) is 0 Å². The maximum absolute atomic E-state index is 5.99. The normalized spacial score (nSPS) is 40.7. The van der Waals surface area contributed by atoms with Crippen LogP contribution in [0.5, 0.6) is 0 Å². The van der Waals surface area contributed by atoms with E-state index in [1.165, 1.54) is 24.8 Å². The van der Waals surface area contributed by atoms with Crippen LogP contribution in [0.25, 0.3) is 0 Å². The van der Waals surface area contributed by atoms with Crippen molar-refractivity contribution in [2.24, 2.45) is 22.6 Å². The minimum atomic E-state index is 0.567. The number of hydrogen-bond donors (Lipinski definition) is 1. The lowest BCUT2D eigenvalue weighted by Gasteiger charge is -2.09. The first kappa shape index (κ1) is 5.81. The Morgan fingerprint density at radius 3 is 3.00 bits per heavy atom. The Morgan fingerprint density at radius 1 is 1.45 bits per heavy atom. The second-order valence-corrected chi connectivity index (χ2v) is 3.87. The molecule has 58 valence electrons. The third kappa shape index (κ3) is 0.753. The smallest absolute Gasteiger partial charge is 0.0590 e. The van der Waals surface area contributed by atoms with E-state index in [2.05, 4.69) is 4.99 Å². The maximum Gasteiger partial charge on any atom is 0.0590 e. The number of fused-ring (bicyclic) bond motifs is 1. The molecule has 2 fully saturated rings. The summed E-state index contributed by atoms with van der Waals surface area (Å²) in [4.78, 5) is 4.43. The highest BCUT2D eigenvalue weighted by atomic mass is 14.9. The second kappa shape index (κ2) is 1.68. The molecule has 0 aromatic heterocycles. The molecule has 0 radical (unpaired) electrons. The summed E-state index contributed by atoms with van der Waals surface area (Å²) < 4.78 is 0. The van der Waals surface area contributed by atoms with Gasteiger partial charge in [-0.3, -0.25) is 4.99 Å². The van der Waals surface area contributed by atoms with Crippen molar-refractivity contribution in [3.63, 3.8) is 0 Å². The number of nitrogens with zero attached hydrogens (tertiary/aromatic N) is 1. The molecule has 0 aromatic carbocycles. The molecule has 2 atom stereocenters. The Bertz CT molecular complexity index is 261. The summed E-state index contributed by atoms with van der Waals surface area (Å²) in [7, 11) is 0. The number of aliphatic imine (C=N–C) groups is 1. The highest BCUT2D eigenvalue weighted by Gasteiger charge is 2.44. The van der Waals surface area contributed by atoms with E-state index in [-0.39, 0.29) is 0 Å². The van der Waals surface area contributed by atoms with E-state index in [1.807, 2.05) is 6.21 Å². The first-order chi connectivity index (χ1) is 5.36. The molecule has 11 heavy (non-hydrogen) atoms. The zero-order chi connectivity index (χ0) is 7.42. The van der Waals surface area contributed by atoms with Gasteiger partial charge < -0.3 is 5.73 Å². The molecular formula is C9H12N2. The average Bonchev–Trinajstić information content (AvgIpc) is 2.84. The van der Waals surface area contributed by atoms with Crippen LogP contribution in [0, 0.1) is 11.8 Å². The molecule has 0 aromatic rings. The fourth-order valence-electron chi connectivity index (χ4n) is 1.88. The third-order valence-electron chi connectivity index (χ3n) is 2.91. The molecule has 0 saturated heterocycles. The Hall–Kier alpha value is -0.790. The van der Waals surface area contributed by atoms with E-state index >= 15 is 0 Å². The lowest BCUT2D eigenvalue weighted by molar-refractivity contribution is 0.848. The Kier molecular flexibility index (Phi) is 0.888. The predicted octanol–water partition coefficient (Wildman–Crippen LogP) is 1.08. The highest BCUT2D eigenvalue weighted by molar-refractivity contribution is 5.83. The first-order valence-corrected chi connectivity index (χ1v) is 4.39. The van der Waals surface area contributed by atoms with Crippen LogP contribution in [-0.4, -0.2) is 12.3 Å². The van der Waals surface area contributed by atoms with Gasteiger partial charge in [0, 0.05) is 17.8 Å². The van der Waals surface area contributed by atoms with Gasteiger partial charge in [0.2, 0.25) is 0 Å².